The molecule has 4 aromatic carbocycles. The first-order valence-corrected chi connectivity index (χ1v) is 16.0. The van der Waals surface area contributed by atoms with Crippen LogP contribution in [0.5, 0.6) is 17.2 Å². The van der Waals surface area contributed by atoms with Gasteiger partial charge in [0.2, 0.25) is 0 Å². The number of aliphatic hydroxyl groups excluding tert-OH is 1. The lowest BCUT2D eigenvalue weighted by Crippen LogP contribution is -2.38. The Kier molecular flexibility index (Phi) is 14.4. The second kappa shape index (κ2) is 18.9. The third kappa shape index (κ3) is 13.2. The molecule has 4 aromatic rings. The van der Waals surface area contributed by atoms with Gasteiger partial charge in [-0.25, -0.2) is 0 Å². The average molecular weight is 629 g/mol. The summed E-state index contributed by atoms with van der Waals surface area (Å²) in [5, 5.41) is 9.36. The first-order chi connectivity index (χ1) is 22.4. The third-order valence-electron chi connectivity index (χ3n) is 7.35. The van der Waals surface area contributed by atoms with E-state index in [1.165, 1.54) is 27.8 Å². The Hall–Kier alpha value is -3.88. The summed E-state index contributed by atoms with van der Waals surface area (Å²) in [6.07, 6.45) is 2.00. The normalized spacial score (nSPS) is 15.6. The zero-order chi connectivity index (χ0) is 32.6. The molecule has 2 atom stereocenters. The number of aryl methyl sites for hydroxylation is 3. The van der Waals surface area contributed by atoms with Gasteiger partial charge in [0.05, 0.1) is 26.4 Å². The molecular weight excluding hydrogens is 580 g/mol. The molecule has 0 aromatic heterocycles. The van der Waals surface area contributed by atoms with Crippen molar-refractivity contribution >= 4 is 0 Å². The Labute approximate surface area is 274 Å². The van der Waals surface area contributed by atoms with Gasteiger partial charge in [0, 0.05) is 7.11 Å². The van der Waals surface area contributed by atoms with Gasteiger partial charge in [-0.2, -0.15) is 0 Å². The van der Waals surface area contributed by atoms with E-state index in [2.05, 4.69) is 57.2 Å². The second-order valence-electron chi connectivity index (χ2n) is 11.6. The maximum atomic E-state index is 9.36. The molecule has 2 unspecified atom stereocenters. The fourth-order valence-corrected chi connectivity index (χ4v) is 4.34. The van der Waals surface area contributed by atoms with Gasteiger partial charge in [-0.3, -0.25) is 0 Å². The standard InChI is InChI=1S/C17H18O2.C12H18O3.C10H12O2/c1-13-2-4-14(5-3-13)10-15-6-8-16(9-7-15)19-17-11-18-12-17;1-3-10-4-6-12(7-5-10)15-9-11(13)8-14-2;1-8-2-4-9(5-3-8)11-6-10-7-12-10/h2-9,17H,10-12H2,1H3;4-7,11,13H,3,8-9H2,1-2H3;2-5,10H,6-7H2,1H3. The minimum atomic E-state index is -0.569. The molecule has 2 aliphatic heterocycles. The highest BCUT2D eigenvalue weighted by Gasteiger charge is 2.23. The summed E-state index contributed by atoms with van der Waals surface area (Å²) in [6.45, 7) is 9.81. The van der Waals surface area contributed by atoms with Gasteiger partial charge in [-0.05, 0) is 79.8 Å². The fraction of sp³-hybridized carbons (Fsp3) is 0.385. The molecule has 7 heteroatoms. The van der Waals surface area contributed by atoms with Gasteiger partial charge < -0.3 is 33.5 Å². The molecule has 2 saturated heterocycles. The quantitative estimate of drug-likeness (QED) is 0.164. The molecule has 1 N–H and O–H groups in total. The topological polar surface area (TPSA) is 78.9 Å². The van der Waals surface area contributed by atoms with Gasteiger partial charge in [0.25, 0.3) is 0 Å². The highest BCUT2D eigenvalue weighted by Crippen LogP contribution is 2.19. The number of aliphatic hydroxyl groups is 1. The van der Waals surface area contributed by atoms with Gasteiger partial charge in [0.15, 0.2) is 0 Å². The molecule has 0 radical (unpaired) electrons. The average Bonchev–Trinajstić information content (AvgIpc) is 3.89. The minimum Gasteiger partial charge on any atom is -0.491 e. The van der Waals surface area contributed by atoms with Crippen LogP contribution >= 0.6 is 0 Å². The molecule has 0 bridgehead atoms. The Morgan fingerprint density at radius 3 is 1.70 bits per heavy atom. The molecule has 246 valence electrons. The molecule has 2 fully saturated rings. The number of epoxide rings is 1. The van der Waals surface area contributed by atoms with Crippen molar-refractivity contribution in [1.82, 2.24) is 0 Å². The summed E-state index contributed by atoms with van der Waals surface area (Å²) in [5.74, 6) is 2.64. The van der Waals surface area contributed by atoms with E-state index in [0.29, 0.717) is 32.5 Å². The van der Waals surface area contributed by atoms with Crippen LogP contribution in [0, 0.1) is 13.8 Å². The number of ether oxygens (including phenoxy) is 6. The monoisotopic (exact) mass is 628 g/mol. The third-order valence-corrected chi connectivity index (χ3v) is 7.35. The molecule has 0 amide bonds. The summed E-state index contributed by atoms with van der Waals surface area (Å²) in [5.41, 5.74) is 6.48. The van der Waals surface area contributed by atoms with E-state index in [4.69, 9.17) is 28.4 Å². The van der Waals surface area contributed by atoms with E-state index in [0.717, 1.165) is 36.7 Å². The van der Waals surface area contributed by atoms with E-state index in [-0.39, 0.29) is 12.7 Å². The summed E-state index contributed by atoms with van der Waals surface area (Å²) >= 11 is 0. The van der Waals surface area contributed by atoms with Crippen LogP contribution in [-0.4, -0.2) is 70.2 Å². The number of hydrogen-bond donors (Lipinski definition) is 1. The minimum absolute atomic E-state index is 0.239. The van der Waals surface area contributed by atoms with Crippen LogP contribution in [0.3, 0.4) is 0 Å². The van der Waals surface area contributed by atoms with Crippen molar-refractivity contribution in [3.05, 3.63) is 125 Å². The van der Waals surface area contributed by atoms with Crippen molar-refractivity contribution in [2.75, 3.05) is 46.8 Å². The van der Waals surface area contributed by atoms with Gasteiger partial charge in [0.1, 0.15) is 48.8 Å². The molecule has 0 spiro atoms. The molecule has 2 heterocycles. The highest BCUT2D eigenvalue weighted by molar-refractivity contribution is 5.33. The number of methoxy groups -OCH3 is 1. The Balaban J connectivity index is 0.000000161. The number of benzene rings is 4. The maximum Gasteiger partial charge on any atom is 0.145 e. The molecule has 7 nitrogen and oxygen atoms in total. The zero-order valence-electron chi connectivity index (χ0n) is 27.5. The van der Waals surface area contributed by atoms with Gasteiger partial charge in [-0.15, -0.1) is 0 Å². The SMILES string of the molecule is CCc1ccc(OCC(O)COC)cc1.Cc1ccc(Cc2ccc(OC3COC3)cc2)cc1.Cc1ccc(OCC2CO2)cc1. The fourth-order valence-electron chi connectivity index (χ4n) is 4.34. The molecular formula is C39H48O7. The van der Waals surface area contributed by atoms with E-state index in [9.17, 15) is 5.11 Å². The van der Waals surface area contributed by atoms with Crippen molar-refractivity contribution in [3.63, 3.8) is 0 Å². The molecule has 6 rings (SSSR count). The van der Waals surface area contributed by atoms with Crippen LogP contribution in [0.15, 0.2) is 97.1 Å². The van der Waals surface area contributed by atoms with Crippen molar-refractivity contribution < 1.29 is 33.5 Å². The van der Waals surface area contributed by atoms with Gasteiger partial charge in [-0.1, -0.05) is 78.7 Å². The summed E-state index contributed by atoms with van der Waals surface area (Å²) in [4.78, 5) is 0. The largest absolute Gasteiger partial charge is 0.491 e. The predicted molar refractivity (Wildman–Crippen MR) is 181 cm³/mol. The zero-order valence-corrected chi connectivity index (χ0v) is 27.5. The van der Waals surface area contributed by atoms with Crippen LogP contribution in [0.4, 0.5) is 0 Å². The lowest BCUT2D eigenvalue weighted by Gasteiger charge is -2.26. The van der Waals surface area contributed by atoms with Crippen molar-refractivity contribution in [3.8, 4) is 17.2 Å². The maximum absolute atomic E-state index is 9.36. The Morgan fingerprint density at radius 2 is 1.17 bits per heavy atom. The first-order valence-electron chi connectivity index (χ1n) is 16.0. The molecule has 0 saturated carbocycles. The van der Waals surface area contributed by atoms with Gasteiger partial charge >= 0.3 is 0 Å². The van der Waals surface area contributed by atoms with E-state index < -0.39 is 6.10 Å². The summed E-state index contributed by atoms with van der Waals surface area (Å²) in [7, 11) is 1.55. The van der Waals surface area contributed by atoms with Crippen LogP contribution in [-0.2, 0) is 27.1 Å². The molecule has 0 aliphatic carbocycles. The summed E-state index contributed by atoms with van der Waals surface area (Å²) < 4.78 is 31.5. The lowest BCUT2D eigenvalue weighted by molar-refractivity contribution is -0.0796. The van der Waals surface area contributed by atoms with Crippen LogP contribution in [0.2, 0.25) is 0 Å². The van der Waals surface area contributed by atoms with Crippen molar-refractivity contribution in [2.24, 2.45) is 0 Å². The van der Waals surface area contributed by atoms with Crippen LogP contribution in [0.25, 0.3) is 0 Å². The predicted octanol–water partition coefficient (Wildman–Crippen LogP) is 6.77. The second-order valence-corrected chi connectivity index (χ2v) is 11.6. The van der Waals surface area contributed by atoms with E-state index in [1.54, 1.807) is 7.11 Å². The van der Waals surface area contributed by atoms with Crippen LogP contribution in [0.1, 0.15) is 34.7 Å². The van der Waals surface area contributed by atoms with Crippen molar-refractivity contribution in [2.45, 2.75) is 51.9 Å². The van der Waals surface area contributed by atoms with E-state index in [1.807, 2.05) is 60.7 Å². The molecule has 46 heavy (non-hydrogen) atoms. The Bertz CT molecular complexity index is 1380. The molecule has 2 aliphatic rings. The van der Waals surface area contributed by atoms with E-state index >= 15 is 0 Å². The Morgan fingerprint density at radius 1 is 0.674 bits per heavy atom. The van der Waals surface area contributed by atoms with Crippen LogP contribution < -0.4 is 14.2 Å². The first kappa shape index (κ1) is 35.0. The highest BCUT2D eigenvalue weighted by atomic mass is 16.6. The number of hydrogen-bond acceptors (Lipinski definition) is 7. The lowest BCUT2D eigenvalue weighted by atomic mass is 10.0. The van der Waals surface area contributed by atoms with Crippen molar-refractivity contribution in [1.29, 1.82) is 0 Å². The number of rotatable bonds is 13. The smallest absolute Gasteiger partial charge is 0.145 e. The summed E-state index contributed by atoms with van der Waals surface area (Å²) in [6, 6.07) is 33.0.